The van der Waals surface area contributed by atoms with Crippen LogP contribution in [0.5, 0.6) is 0 Å². The molecule has 0 radical (unpaired) electrons. The minimum absolute atomic E-state index is 0.195. The third-order valence-electron chi connectivity index (χ3n) is 4.87. The van der Waals surface area contributed by atoms with E-state index in [1.807, 2.05) is 6.07 Å². The molecular weight excluding hydrogens is 306 g/mol. The zero-order chi connectivity index (χ0) is 16.8. The van der Waals surface area contributed by atoms with Gasteiger partial charge in [0, 0.05) is 25.3 Å². The maximum Gasteiger partial charge on any atom is 0.338 e. The van der Waals surface area contributed by atoms with Gasteiger partial charge >= 0.3 is 5.97 Å². The first-order valence-electron chi connectivity index (χ1n) is 8.08. The van der Waals surface area contributed by atoms with E-state index in [4.69, 9.17) is 0 Å². The van der Waals surface area contributed by atoms with Crippen LogP contribution >= 0.6 is 0 Å². The second-order valence-electron chi connectivity index (χ2n) is 6.51. The maximum absolute atomic E-state index is 11.5. The Labute approximate surface area is 139 Å². The van der Waals surface area contributed by atoms with Crippen molar-refractivity contribution in [1.29, 1.82) is 0 Å². The maximum atomic E-state index is 11.5. The predicted octanol–water partition coefficient (Wildman–Crippen LogP) is 1.49. The van der Waals surface area contributed by atoms with Gasteiger partial charge in [-0.05, 0) is 39.1 Å². The Morgan fingerprint density at radius 2 is 2.04 bits per heavy atom. The van der Waals surface area contributed by atoms with Crippen molar-refractivity contribution >= 4 is 34.5 Å². The first-order valence-corrected chi connectivity index (χ1v) is 8.08. The molecule has 24 heavy (non-hydrogen) atoms. The summed E-state index contributed by atoms with van der Waals surface area (Å²) >= 11 is 0. The number of hydrogen-bond donors (Lipinski definition) is 1. The SMILES string of the molecule is CN(C)C1CCN(c2nc3c4c(nccc4n2)C=C3C(=O)O)CC1. The van der Waals surface area contributed by atoms with Crippen LogP contribution in [0, 0.1) is 0 Å². The fourth-order valence-corrected chi connectivity index (χ4v) is 3.49. The van der Waals surface area contributed by atoms with Gasteiger partial charge in [0.15, 0.2) is 0 Å². The number of pyridine rings is 1. The van der Waals surface area contributed by atoms with Crippen LogP contribution in [0.15, 0.2) is 12.3 Å². The van der Waals surface area contributed by atoms with Gasteiger partial charge in [-0.1, -0.05) is 0 Å². The summed E-state index contributed by atoms with van der Waals surface area (Å²) in [5.74, 6) is -0.369. The minimum Gasteiger partial charge on any atom is -0.478 e. The predicted molar refractivity (Wildman–Crippen MR) is 91.8 cm³/mol. The summed E-state index contributed by atoms with van der Waals surface area (Å²) in [6.07, 6.45) is 5.34. The molecule has 3 heterocycles. The van der Waals surface area contributed by atoms with E-state index in [1.165, 1.54) is 0 Å². The Bertz CT molecular complexity index is 853. The van der Waals surface area contributed by atoms with Crippen molar-refractivity contribution in [2.75, 3.05) is 32.1 Å². The fourth-order valence-electron chi connectivity index (χ4n) is 3.49. The fraction of sp³-hybridized carbons (Fsp3) is 0.412. The third-order valence-corrected chi connectivity index (χ3v) is 4.87. The summed E-state index contributed by atoms with van der Waals surface area (Å²) in [4.78, 5) is 29.4. The monoisotopic (exact) mass is 325 g/mol. The van der Waals surface area contributed by atoms with E-state index in [-0.39, 0.29) is 5.57 Å². The van der Waals surface area contributed by atoms with Crippen LogP contribution < -0.4 is 4.90 Å². The Balaban J connectivity index is 1.73. The Morgan fingerprint density at radius 3 is 2.71 bits per heavy atom. The summed E-state index contributed by atoms with van der Waals surface area (Å²) in [6.45, 7) is 1.75. The summed E-state index contributed by atoms with van der Waals surface area (Å²) in [5, 5.41) is 10.2. The van der Waals surface area contributed by atoms with Crippen molar-refractivity contribution in [1.82, 2.24) is 19.9 Å². The molecule has 0 aromatic carbocycles. The lowest BCUT2D eigenvalue weighted by atomic mass is 10.0. The van der Waals surface area contributed by atoms with E-state index < -0.39 is 5.97 Å². The molecule has 0 unspecified atom stereocenters. The van der Waals surface area contributed by atoms with Crippen LogP contribution in [0.25, 0.3) is 22.6 Å². The number of carboxylic acids is 1. The average Bonchev–Trinajstić information content (AvgIpc) is 2.96. The van der Waals surface area contributed by atoms with Crippen molar-refractivity contribution in [3.8, 4) is 0 Å². The second-order valence-corrected chi connectivity index (χ2v) is 6.51. The van der Waals surface area contributed by atoms with Crippen molar-refractivity contribution in [2.45, 2.75) is 18.9 Å². The molecule has 0 atom stereocenters. The van der Waals surface area contributed by atoms with E-state index in [9.17, 15) is 9.90 Å². The van der Waals surface area contributed by atoms with E-state index >= 15 is 0 Å². The number of carbonyl (C=O) groups is 1. The number of carboxylic acid groups (broad SMARTS) is 1. The number of aromatic nitrogens is 3. The lowest BCUT2D eigenvalue weighted by Crippen LogP contribution is -2.42. The second kappa shape index (κ2) is 5.52. The molecule has 1 saturated heterocycles. The topological polar surface area (TPSA) is 82.5 Å². The Hall–Kier alpha value is -2.54. The Kier molecular flexibility index (Phi) is 3.45. The zero-order valence-electron chi connectivity index (χ0n) is 13.7. The molecule has 2 aromatic heterocycles. The van der Waals surface area contributed by atoms with Crippen LogP contribution in [0.4, 0.5) is 5.95 Å². The smallest absolute Gasteiger partial charge is 0.338 e. The third kappa shape index (κ3) is 2.32. The average molecular weight is 325 g/mol. The first-order chi connectivity index (χ1) is 11.5. The molecule has 1 aliphatic heterocycles. The van der Waals surface area contributed by atoms with Gasteiger partial charge in [-0.15, -0.1) is 0 Å². The van der Waals surface area contributed by atoms with E-state index in [0.717, 1.165) is 36.8 Å². The normalized spacial score (nSPS) is 17.6. The molecule has 4 rings (SSSR count). The number of rotatable bonds is 3. The molecule has 2 aromatic rings. The highest BCUT2D eigenvalue weighted by atomic mass is 16.4. The molecule has 0 amide bonds. The van der Waals surface area contributed by atoms with Crippen molar-refractivity contribution in [2.24, 2.45) is 0 Å². The van der Waals surface area contributed by atoms with Crippen LogP contribution in [0.1, 0.15) is 24.2 Å². The summed E-state index contributed by atoms with van der Waals surface area (Å²) in [5.41, 5.74) is 2.07. The van der Waals surface area contributed by atoms with Gasteiger partial charge in [0.05, 0.1) is 27.9 Å². The van der Waals surface area contributed by atoms with Crippen LogP contribution in [-0.4, -0.2) is 64.2 Å². The van der Waals surface area contributed by atoms with Gasteiger partial charge in [0.1, 0.15) is 0 Å². The molecule has 1 fully saturated rings. The van der Waals surface area contributed by atoms with E-state index in [2.05, 4.69) is 38.8 Å². The van der Waals surface area contributed by atoms with E-state index in [0.29, 0.717) is 23.4 Å². The lowest BCUT2D eigenvalue weighted by Gasteiger charge is -2.35. The number of anilines is 1. The standard InChI is InChI=1S/C17H19N5O2/c1-21(2)10-4-7-22(8-5-10)17-19-12-3-6-18-13-9-11(16(23)24)15(20-17)14(12)13/h3,6,9-10H,4-5,7-8H2,1-2H3,(H,23,24). The van der Waals surface area contributed by atoms with Crippen LogP contribution in [0.3, 0.4) is 0 Å². The molecule has 7 heteroatoms. The highest BCUT2D eigenvalue weighted by Crippen LogP contribution is 2.35. The van der Waals surface area contributed by atoms with Crippen molar-refractivity contribution in [3.63, 3.8) is 0 Å². The van der Waals surface area contributed by atoms with Gasteiger partial charge in [-0.3, -0.25) is 4.98 Å². The van der Waals surface area contributed by atoms with Gasteiger partial charge in [-0.25, -0.2) is 14.8 Å². The highest BCUT2D eigenvalue weighted by molar-refractivity contribution is 6.27. The van der Waals surface area contributed by atoms with Gasteiger partial charge < -0.3 is 14.9 Å². The summed E-state index contributed by atoms with van der Waals surface area (Å²) < 4.78 is 0. The molecule has 0 saturated carbocycles. The number of hydrogen-bond acceptors (Lipinski definition) is 6. The highest BCUT2D eigenvalue weighted by Gasteiger charge is 2.28. The molecule has 2 aliphatic rings. The van der Waals surface area contributed by atoms with Crippen molar-refractivity contribution in [3.05, 3.63) is 23.7 Å². The quantitative estimate of drug-likeness (QED) is 0.915. The van der Waals surface area contributed by atoms with Crippen LogP contribution in [0.2, 0.25) is 0 Å². The largest absolute Gasteiger partial charge is 0.478 e. The summed E-state index contributed by atoms with van der Waals surface area (Å²) in [7, 11) is 4.21. The van der Waals surface area contributed by atoms with Gasteiger partial charge in [0.2, 0.25) is 5.95 Å². The van der Waals surface area contributed by atoms with Crippen LogP contribution in [-0.2, 0) is 4.79 Å². The minimum atomic E-state index is -0.981. The molecule has 1 aliphatic carbocycles. The molecule has 124 valence electrons. The molecule has 0 spiro atoms. The lowest BCUT2D eigenvalue weighted by molar-refractivity contribution is -0.130. The van der Waals surface area contributed by atoms with Crippen molar-refractivity contribution < 1.29 is 9.90 Å². The molecular formula is C17H19N5O2. The number of aliphatic carboxylic acids is 1. The zero-order valence-corrected chi connectivity index (χ0v) is 13.7. The summed E-state index contributed by atoms with van der Waals surface area (Å²) in [6, 6.07) is 2.39. The number of nitrogens with zero attached hydrogens (tertiary/aromatic N) is 5. The first kappa shape index (κ1) is 15.0. The Morgan fingerprint density at radius 1 is 1.29 bits per heavy atom. The van der Waals surface area contributed by atoms with Gasteiger partial charge in [-0.2, -0.15) is 0 Å². The van der Waals surface area contributed by atoms with E-state index in [1.54, 1.807) is 12.3 Å². The van der Waals surface area contributed by atoms with Gasteiger partial charge in [0.25, 0.3) is 0 Å². The molecule has 1 N–H and O–H groups in total. The molecule has 7 nitrogen and oxygen atoms in total. The molecule has 0 bridgehead atoms. The number of piperidine rings is 1.